The van der Waals surface area contributed by atoms with Crippen molar-refractivity contribution < 1.29 is 5.11 Å². The van der Waals surface area contributed by atoms with Crippen molar-refractivity contribution in [3.63, 3.8) is 0 Å². The maximum Gasteiger partial charge on any atom is 0.0636 e. The van der Waals surface area contributed by atoms with Gasteiger partial charge >= 0.3 is 0 Å². The molecule has 0 unspecified atom stereocenters. The average molecular weight is 449 g/mol. The van der Waals surface area contributed by atoms with Crippen LogP contribution in [-0.2, 0) is 0 Å². The van der Waals surface area contributed by atoms with Crippen LogP contribution in [0.15, 0.2) is 66.9 Å². The van der Waals surface area contributed by atoms with E-state index in [1.54, 1.807) is 6.07 Å². The van der Waals surface area contributed by atoms with Crippen molar-refractivity contribution in [1.82, 2.24) is 5.32 Å². The van der Waals surface area contributed by atoms with Crippen molar-refractivity contribution in [2.24, 2.45) is 11.3 Å². The molecule has 1 aliphatic carbocycles. The molecule has 0 radical (unpaired) electrons. The molecule has 2 aliphatic rings. The van der Waals surface area contributed by atoms with Crippen molar-refractivity contribution in [1.29, 1.82) is 0 Å². The predicted octanol–water partition coefficient (Wildman–Crippen LogP) is 6.57. The molecular weight excluding hydrogens is 425 g/mol. The third kappa shape index (κ3) is 3.41. The van der Waals surface area contributed by atoms with E-state index in [9.17, 15) is 5.11 Å². The van der Waals surface area contributed by atoms with Crippen LogP contribution in [0.1, 0.15) is 36.3 Å². The number of rotatable bonds is 4. The summed E-state index contributed by atoms with van der Waals surface area (Å²) >= 11 is 19.0. The summed E-state index contributed by atoms with van der Waals surface area (Å²) in [5.74, 6) is 0.278. The number of aliphatic hydroxyl groups excluding tert-OH is 1. The minimum absolute atomic E-state index is 0.0461. The molecule has 1 heterocycles. The second kappa shape index (κ2) is 8.00. The quantitative estimate of drug-likeness (QED) is 0.518. The molecular formula is C24H24Cl3NO. The fraction of sp³-hybridized carbons (Fsp3) is 0.333. The number of halogens is 3. The topological polar surface area (TPSA) is 32.3 Å². The van der Waals surface area contributed by atoms with Crippen LogP contribution < -0.4 is 5.32 Å². The van der Waals surface area contributed by atoms with Crippen molar-refractivity contribution in [2.45, 2.75) is 31.2 Å². The van der Waals surface area contributed by atoms with E-state index in [1.807, 2.05) is 24.3 Å². The number of benzene rings is 2. The van der Waals surface area contributed by atoms with Crippen molar-refractivity contribution >= 4 is 34.8 Å². The van der Waals surface area contributed by atoms with Crippen LogP contribution in [0.4, 0.5) is 0 Å². The maximum absolute atomic E-state index is 10.2. The zero-order valence-corrected chi connectivity index (χ0v) is 18.5. The Hall–Kier alpha value is -1.45. The summed E-state index contributed by atoms with van der Waals surface area (Å²) in [7, 11) is 0. The Labute approximate surface area is 187 Å². The highest BCUT2D eigenvalue weighted by Crippen LogP contribution is 2.59. The Morgan fingerprint density at radius 1 is 1.07 bits per heavy atom. The number of aliphatic hydroxyl groups is 1. The molecule has 2 N–H and O–H groups in total. The third-order valence-corrected chi connectivity index (χ3v) is 7.50. The predicted molar refractivity (Wildman–Crippen MR) is 122 cm³/mol. The summed E-state index contributed by atoms with van der Waals surface area (Å²) in [4.78, 5) is 0. The molecule has 4 rings (SSSR count). The van der Waals surface area contributed by atoms with E-state index in [0.717, 1.165) is 17.7 Å². The first-order valence-corrected chi connectivity index (χ1v) is 11.0. The highest BCUT2D eigenvalue weighted by atomic mass is 35.5. The average Bonchev–Trinajstić information content (AvgIpc) is 3.00. The molecule has 5 atom stereocenters. The lowest BCUT2D eigenvalue weighted by Gasteiger charge is -2.45. The van der Waals surface area contributed by atoms with Gasteiger partial charge in [0, 0.05) is 43.9 Å². The molecule has 1 aliphatic heterocycles. The first-order chi connectivity index (χ1) is 13.9. The van der Waals surface area contributed by atoms with E-state index < -0.39 is 0 Å². The maximum atomic E-state index is 10.2. The van der Waals surface area contributed by atoms with Gasteiger partial charge in [0.1, 0.15) is 0 Å². The van der Waals surface area contributed by atoms with Crippen LogP contribution in [0.2, 0.25) is 15.1 Å². The molecule has 0 bridgehead atoms. The molecule has 2 nitrogen and oxygen atoms in total. The molecule has 1 fully saturated rings. The van der Waals surface area contributed by atoms with Gasteiger partial charge in [-0.15, -0.1) is 0 Å². The number of allylic oxidation sites excluding steroid dienone is 2. The monoisotopic (exact) mass is 447 g/mol. The van der Waals surface area contributed by atoms with Gasteiger partial charge in [0.25, 0.3) is 0 Å². The standard InChI is InChI=1S/C24H24Cl3NO/c1-3-24-11-10-19(18-9-8-17(26)12-20(18)27)22(15-4-6-16(25)7-5-15)23(24)21(13-29)28-14(24)2/h4-12,19,21-23,28-29H,2-3,13H2,1H3/t19-,21+,22-,23-,24-/m0/s1. The first kappa shape index (κ1) is 20.8. The molecule has 0 spiro atoms. The molecule has 1 saturated heterocycles. The van der Waals surface area contributed by atoms with Gasteiger partial charge in [-0.3, -0.25) is 0 Å². The molecule has 29 heavy (non-hydrogen) atoms. The zero-order valence-electron chi connectivity index (χ0n) is 16.2. The Morgan fingerprint density at radius 3 is 2.38 bits per heavy atom. The van der Waals surface area contributed by atoms with Crippen LogP contribution in [0.3, 0.4) is 0 Å². The van der Waals surface area contributed by atoms with Gasteiger partial charge in [-0.05, 0) is 41.8 Å². The van der Waals surface area contributed by atoms with E-state index in [0.29, 0.717) is 15.1 Å². The second-order valence-corrected chi connectivity index (χ2v) is 9.24. The summed E-state index contributed by atoms with van der Waals surface area (Å²) < 4.78 is 0. The molecule has 2 aromatic carbocycles. The minimum atomic E-state index is -0.215. The number of hydrogen-bond acceptors (Lipinski definition) is 2. The first-order valence-electron chi connectivity index (χ1n) is 9.88. The van der Waals surface area contributed by atoms with Crippen LogP contribution in [-0.4, -0.2) is 17.8 Å². The van der Waals surface area contributed by atoms with E-state index in [2.05, 4.69) is 43.1 Å². The number of fused-ring (bicyclic) bond motifs is 1. The third-order valence-electron chi connectivity index (χ3n) is 6.68. The van der Waals surface area contributed by atoms with E-state index in [1.165, 1.54) is 5.56 Å². The fourth-order valence-corrected chi connectivity index (χ4v) is 5.96. The van der Waals surface area contributed by atoms with Crippen LogP contribution in [0.25, 0.3) is 0 Å². The molecule has 0 amide bonds. The van der Waals surface area contributed by atoms with Gasteiger partial charge in [-0.2, -0.15) is 0 Å². The zero-order chi connectivity index (χ0) is 20.8. The molecule has 5 heteroatoms. The normalized spacial score (nSPS) is 30.9. The van der Waals surface area contributed by atoms with E-state index in [4.69, 9.17) is 34.8 Å². The summed E-state index contributed by atoms with van der Waals surface area (Å²) in [6.45, 7) is 6.54. The van der Waals surface area contributed by atoms with E-state index >= 15 is 0 Å². The highest BCUT2D eigenvalue weighted by molar-refractivity contribution is 6.35. The molecule has 0 saturated carbocycles. The Bertz CT molecular complexity index is 955. The minimum Gasteiger partial charge on any atom is -0.394 e. The van der Waals surface area contributed by atoms with Crippen molar-refractivity contribution in [3.05, 3.63) is 93.1 Å². The highest BCUT2D eigenvalue weighted by Gasteiger charge is 2.55. The number of hydrogen-bond donors (Lipinski definition) is 2. The Kier molecular flexibility index (Phi) is 5.74. The molecule has 0 aromatic heterocycles. The van der Waals surface area contributed by atoms with Crippen LogP contribution in [0.5, 0.6) is 0 Å². The second-order valence-electron chi connectivity index (χ2n) is 7.96. The largest absolute Gasteiger partial charge is 0.394 e. The molecule has 2 aromatic rings. The van der Waals surface area contributed by atoms with Crippen molar-refractivity contribution in [3.8, 4) is 0 Å². The van der Waals surface area contributed by atoms with Crippen LogP contribution in [0, 0.1) is 11.3 Å². The SMILES string of the molecule is C=C1N[C@H](CO)[C@H]2[C@@H](c3ccc(Cl)cc3)[C@H](c3ccc(Cl)cc3Cl)C=C[C@@]12CC. The lowest BCUT2D eigenvalue weighted by atomic mass is 9.57. The van der Waals surface area contributed by atoms with Gasteiger partial charge in [0.05, 0.1) is 12.6 Å². The van der Waals surface area contributed by atoms with E-state index in [-0.39, 0.29) is 35.8 Å². The van der Waals surface area contributed by atoms with Gasteiger partial charge in [-0.25, -0.2) is 0 Å². The number of nitrogens with one attached hydrogen (secondary N) is 1. The van der Waals surface area contributed by atoms with Gasteiger partial charge in [0.15, 0.2) is 0 Å². The lowest BCUT2D eigenvalue weighted by Crippen LogP contribution is -2.41. The Morgan fingerprint density at radius 2 is 1.76 bits per heavy atom. The summed E-state index contributed by atoms with van der Waals surface area (Å²) in [6.07, 6.45) is 5.42. The molecule has 152 valence electrons. The van der Waals surface area contributed by atoms with Gasteiger partial charge < -0.3 is 10.4 Å². The summed E-state index contributed by atoms with van der Waals surface area (Å²) in [6, 6.07) is 13.6. The van der Waals surface area contributed by atoms with Crippen LogP contribution >= 0.6 is 34.8 Å². The van der Waals surface area contributed by atoms with Crippen molar-refractivity contribution in [2.75, 3.05) is 6.61 Å². The summed E-state index contributed by atoms with van der Waals surface area (Å²) in [5, 5.41) is 15.6. The van der Waals surface area contributed by atoms with Gasteiger partial charge in [-0.1, -0.05) is 78.7 Å². The summed E-state index contributed by atoms with van der Waals surface area (Å²) in [5.41, 5.74) is 2.96. The van der Waals surface area contributed by atoms with Gasteiger partial charge in [0.2, 0.25) is 0 Å². The Balaban J connectivity index is 1.93. The lowest BCUT2D eigenvalue weighted by molar-refractivity contribution is 0.155. The smallest absolute Gasteiger partial charge is 0.0636 e. The fourth-order valence-electron chi connectivity index (χ4n) is 5.30.